The van der Waals surface area contributed by atoms with E-state index in [4.69, 9.17) is 4.74 Å². The molecule has 0 atom stereocenters. The molecule has 1 aliphatic rings. The maximum absolute atomic E-state index is 9.48. The Balaban J connectivity index is 1.70. The second-order valence-electron chi connectivity index (χ2n) is 7.50. The van der Waals surface area contributed by atoms with E-state index in [0.29, 0.717) is 11.3 Å². The summed E-state index contributed by atoms with van der Waals surface area (Å²) in [4.78, 5) is 0. The zero-order chi connectivity index (χ0) is 19.7. The minimum absolute atomic E-state index is 0.0267. The first kappa shape index (κ1) is 18.6. The van der Waals surface area contributed by atoms with Crippen LogP contribution in [0.15, 0.2) is 30.3 Å². The number of rotatable bonds is 4. The van der Waals surface area contributed by atoms with E-state index in [9.17, 15) is 5.26 Å². The first-order valence-corrected chi connectivity index (χ1v) is 10.5. The van der Waals surface area contributed by atoms with Crippen molar-refractivity contribution in [2.75, 3.05) is 0 Å². The molecule has 2 aromatic carbocycles. The quantitative estimate of drug-likeness (QED) is 0.573. The van der Waals surface area contributed by atoms with E-state index in [-0.39, 0.29) is 6.10 Å². The Bertz CT molecular complexity index is 1060. The van der Waals surface area contributed by atoms with Crippen LogP contribution in [0.4, 0.5) is 0 Å². The number of ether oxygens (including phenoxy) is 1. The number of benzene rings is 2. The molecule has 0 aliphatic heterocycles. The molecule has 0 fully saturated rings. The maximum Gasteiger partial charge on any atom is 0.148 e. The average molecular weight is 390 g/mol. The maximum atomic E-state index is 9.48. The molecule has 0 radical (unpaired) electrons. The van der Waals surface area contributed by atoms with Gasteiger partial charge in [0.25, 0.3) is 0 Å². The SMILES string of the molecule is Cc1ccc(-c2nnc(-c3ccc(OC(C)C)c(C#N)c3)s2)c2c1CCCC2. The van der Waals surface area contributed by atoms with E-state index in [1.807, 2.05) is 32.0 Å². The molecule has 5 heteroatoms. The minimum Gasteiger partial charge on any atom is -0.490 e. The molecule has 1 aliphatic carbocycles. The highest BCUT2D eigenvalue weighted by Crippen LogP contribution is 2.37. The molecule has 28 heavy (non-hydrogen) atoms. The van der Waals surface area contributed by atoms with Gasteiger partial charge in [-0.3, -0.25) is 0 Å². The number of hydrogen-bond donors (Lipinski definition) is 0. The van der Waals surface area contributed by atoms with Crippen molar-refractivity contribution in [3.8, 4) is 33.0 Å². The van der Waals surface area contributed by atoms with Crippen LogP contribution >= 0.6 is 11.3 Å². The number of aryl methyl sites for hydroxylation is 1. The van der Waals surface area contributed by atoms with Gasteiger partial charge < -0.3 is 4.74 Å². The number of aromatic nitrogens is 2. The van der Waals surface area contributed by atoms with Crippen molar-refractivity contribution in [1.82, 2.24) is 10.2 Å². The van der Waals surface area contributed by atoms with Gasteiger partial charge in [-0.1, -0.05) is 23.5 Å². The van der Waals surface area contributed by atoms with Crippen molar-refractivity contribution >= 4 is 11.3 Å². The first-order valence-electron chi connectivity index (χ1n) is 9.73. The van der Waals surface area contributed by atoms with Crippen LogP contribution in [0.5, 0.6) is 5.75 Å². The van der Waals surface area contributed by atoms with E-state index in [1.54, 1.807) is 11.3 Å². The summed E-state index contributed by atoms with van der Waals surface area (Å²) in [5, 5.41) is 20.2. The molecule has 4 nitrogen and oxygen atoms in total. The number of hydrogen-bond acceptors (Lipinski definition) is 5. The minimum atomic E-state index is 0.0267. The fourth-order valence-electron chi connectivity index (χ4n) is 3.80. The third-order valence-corrected chi connectivity index (χ3v) is 6.14. The van der Waals surface area contributed by atoms with Crippen LogP contribution in [-0.4, -0.2) is 16.3 Å². The summed E-state index contributed by atoms with van der Waals surface area (Å²) < 4.78 is 5.72. The van der Waals surface area contributed by atoms with Crippen LogP contribution in [0.25, 0.3) is 21.1 Å². The molecular weight excluding hydrogens is 366 g/mol. The van der Waals surface area contributed by atoms with Crippen molar-refractivity contribution < 1.29 is 4.74 Å². The summed E-state index contributed by atoms with van der Waals surface area (Å²) in [6.45, 7) is 6.10. The molecule has 3 aromatic rings. The number of fused-ring (bicyclic) bond motifs is 1. The Morgan fingerprint density at radius 3 is 2.54 bits per heavy atom. The smallest absolute Gasteiger partial charge is 0.148 e. The van der Waals surface area contributed by atoms with Crippen LogP contribution < -0.4 is 4.74 Å². The van der Waals surface area contributed by atoms with Gasteiger partial charge in [-0.2, -0.15) is 5.26 Å². The highest BCUT2D eigenvalue weighted by atomic mass is 32.1. The van der Waals surface area contributed by atoms with Gasteiger partial charge in [-0.15, -0.1) is 10.2 Å². The van der Waals surface area contributed by atoms with Gasteiger partial charge in [0.2, 0.25) is 0 Å². The molecule has 142 valence electrons. The van der Waals surface area contributed by atoms with Crippen molar-refractivity contribution in [3.05, 3.63) is 52.6 Å². The molecule has 0 amide bonds. The second kappa shape index (κ2) is 7.73. The predicted molar refractivity (Wildman–Crippen MR) is 113 cm³/mol. The molecule has 0 unspecified atom stereocenters. The third-order valence-electron chi connectivity index (χ3n) is 5.13. The molecule has 4 rings (SSSR count). The first-order chi connectivity index (χ1) is 13.6. The van der Waals surface area contributed by atoms with Crippen molar-refractivity contribution in [2.45, 2.75) is 52.6 Å². The average Bonchev–Trinajstić information content (AvgIpc) is 3.18. The van der Waals surface area contributed by atoms with E-state index in [0.717, 1.165) is 28.4 Å². The highest BCUT2D eigenvalue weighted by molar-refractivity contribution is 7.17. The Morgan fingerprint density at radius 1 is 1.04 bits per heavy atom. The number of nitriles is 1. The fraction of sp³-hybridized carbons (Fsp3) is 0.348. The van der Waals surface area contributed by atoms with Gasteiger partial charge in [0, 0.05) is 11.1 Å². The summed E-state index contributed by atoms with van der Waals surface area (Å²) >= 11 is 1.58. The fourth-order valence-corrected chi connectivity index (χ4v) is 4.70. The monoisotopic (exact) mass is 389 g/mol. The molecule has 1 heterocycles. The zero-order valence-electron chi connectivity index (χ0n) is 16.5. The van der Waals surface area contributed by atoms with Gasteiger partial charge in [-0.05, 0) is 81.3 Å². The molecule has 0 N–H and O–H groups in total. The lowest BCUT2D eigenvalue weighted by molar-refractivity contribution is 0.242. The van der Waals surface area contributed by atoms with Gasteiger partial charge in [0.05, 0.1) is 11.7 Å². The Labute approximate surface area is 169 Å². The lowest BCUT2D eigenvalue weighted by atomic mass is 9.85. The van der Waals surface area contributed by atoms with Crippen LogP contribution in [0.2, 0.25) is 0 Å². The second-order valence-corrected chi connectivity index (χ2v) is 8.47. The molecule has 1 aromatic heterocycles. The molecular formula is C23H23N3OS. The topological polar surface area (TPSA) is 58.8 Å². The Hall–Kier alpha value is -2.71. The van der Waals surface area contributed by atoms with Crippen LogP contribution in [0.1, 0.15) is 48.9 Å². The third kappa shape index (κ3) is 3.53. The van der Waals surface area contributed by atoms with Crippen molar-refractivity contribution in [3.63, 3.8) is 0 Å². The lowest BCUT2D eigenvalue weighted by Crippen LogP contribution is -2.06. The summed E-state index contributed by atoms with van der Waals surface area (Å²) in [6.07, 6.45) is 4.79. The standard InChI is InChI=1S/C23H23N3OS/c1-14(2)27-21-11-9-16(12-17(21)13-24)22-25-26-23(28-22)20-10-8-15(3)18-6-4-5-7-19(18)20/h8-12,14H,4-7H2,1-3H3. The van der Waals surface area contributed by atoms with Gasteiger partial charge >= 0.3 is 0 Å². The largest absolute Gasteiger partial charge is 0.490 e. The van der Waals surface area contributed by atoms with Crippen LogP contribution in [0, 0.1) is 18.3 Å². The van der Waals surface area contributed by atoms with E-state index < -0.39 is 0 Å². The molecule has 0 bridgehead atoms. The molecule has 0 spiro atoms. The summed E-state index contributed by atoms with van der Waals surface area (Å²) in [5.41, 5.74) is 6.94. The van der Waals surface area contributed by atoms with Crippen molar-refractivity contribution in [1.29, 1.82) is 5.26 Å². The summed E-state index contributed by atoms with van der Waals surface area (Å²) in [6, 6.07) is 12.3. The lowest BCUT2D eigenvalue weighted by Gasteiger charge is -2.20. The predicted octanol–water partition coefficient (Wildman–Crippen LogP) is 5.72. The molecule has 0 saturated heterocycles. The van der Waals surface area contributed by atoms with Gasteiger partial charge in [0.1, 0.15) is 21.8 Å². The van der Waals surface area contributed by atoms with E-state index in [1.165, 1.54) is 35.1 Å². The van der Waals surface area contributed by atoms with Gasteiger partial charge in [0.15, 0.2) is 0 Å². The van der Waals surface area contributed by atoms with Crippen molar-refractivity contribution in [2.24, 2.45) is 0 Å². The summed E-state index contributed by atoms with van der Waals surface area (Å²) in [5.74, 6) is 0.610. The zero-order valence-corrected chi connectivity index (χ0v) is 17.3. The highest BCUT2D eigenvalue weighted by Gasteiger charge is 2.19. The van der Waals surface area contributed by atoms with Gasteiger partial charge in [-0.25, -0.2) is 0 Å². The van der Waals surface area contributed by atoms with E-state index >= 15 is 0 Å². The molecule has 0 saturated carbocycles. The van der Waals surface area contributed by atoms with E-state index in [2.05, 4.69) is 35.3 Å². The Morgan fingerprint density at radius 2 is 1.79 bits per heavy atom. The number of nitrogens with zero attached hydrogens (tertiary/aromatic N) is 3. The van der Waals surface area contributed by atoms with Crippen LogP contribution in [0.3, 0.4) is 0 Å². The van der Waals surface area contributed by atoms with Crippen LogP contribution in [-0.2, 0) is 12.8 Å². The normalized spacial score (nSPS) is 13.2. The summed E-state index contributed by atoms with van der Waals surface area (Å²) in [7, 11) is 0. The Kier molecular flexibility index (Phi) is 5.15.